The first kappa shape index (κ1) is 21.1. The molecule has 0 heterocycles. The van der Waals surface area contributed by atoms with Crippen LogP contribution in [0.3, 0.4) is 0 Å². The van der Waals surface area contributed by atoms with E-state index in [0.717, 1.165) is 24.2 Å². The summed E-state index contributed by atoms with van der Waals surface area (Å²) in [5.41, 5.74) is 3.67. The summed E-state index contributed by atoms with van der Waals surface area (Å²) >= 11 is 0. The van der Waals surface area contributed by atoms with Crippen molar-refractivity contribution in [2.45, 2.75) is 19.8 Å². The first-order valence-electron chi connectivity index (χ1n) is 8.99. The van der Waals surface area contributed by atoms with Gasteiger partial charge in [0.2, 0.25) is 5.75 Å². The predicted octanol–water partition coefficient (Wildman–Crippen LogP) is 3.66. The molecule has 0 saturated heterocycles. The minimum atomic E-state index is -0.393. The first-order chi connectivity index (χ1) is 13.6. The molecule has 0 radical (unpaired) electrons. The number of hydrogen-bond donors (Lipinski definition) is 1. The molecule has 2 aromatic rings. The summed E-state index contributed by atoms with van der Waals surface area (Å²) in [6.07, 6.45) is 3.68. The number of benzene rings is 2. The molecule has 1 amide bonds. The number of nitrogens with zero attached hydrogens (tertiary/aromatic N) is 1. The summed E-state index contributed by atoms with van der Waals surface area (Å²) in [5, 5.41) is 4.00. The number of nitrogens with one attached hydrogen (secondary N) is 1. The molecule has 0 saturated carbocycles. The molecule has 0 fully saturated rings. The van der Waals surface area contributed by atoms with Crippen molar-refractivity contribution >= 4 is 12.1 Å². The van der Waals surface area contributed by atoms with E-state index in [1.807, 2.05) is 24.3 Å². The molecule has 0 atom stereocenters. The molecule has 2 rings (SSSR count). The van der Waals surface area contributed by atoms with Crippen LogP contribution in [0, 0.1) is 0 Å². The molecule has 0 bridgehead atoms. The Kier molecular flexibility index (Phi) is 8.14. The maximum atomic E-state index is 12.4. The third kappa shape index (κ3) is 5.64. The van der Waals surface area contributed by atoms with E-state index in [4.69, 9.17) is 18.9 Å². The van der Waals surface area contributed by atoms with Crippen molar-refractivity contribution in [2.24, 2.45) is 5.10 Å². The van der Waals surface area contributed by atoms with Crippen LogP contribution >= 0.6 is 0 Å². The van der Waals surface area contributed by atoms with Crippen molar-refractivity contribution in [3.05, 3.63) is 47.5 Å². The van der Waals surface area contributed by atoms with E-state index in [1.165, 1.54) is 21.3 Å². The number of carbonyl (C=O) groups is 1. The zero-order valence-corrected chi connectivity index (χ0v) is 16.7. The fraction of sp³-hybridized carbons (Fsp3) is 0.333. The zero-order valence-electron chi connectivity index (χ0n) is 16.7. The van der Waals surface area contributed by atoms with Gasteiger partial charge in [-0.15, -0.1) is 0 Å². The van der Waals surface area contributed by atoms with Gasteiger partial charge in [0, 0.05) is 5.56 Å². The fourth-order valence-electron chi connectivity index (χ4n) is 2.43. The number of hydrazone groups is 1. The third-order valence-electron chi connectivity index (χ3n) is 3.95. The maximum Gasteiger partial charge on any atom is 0.271 e. The van der Waals surface area contributed by atoms with Crippen molar-refractivity contribution in [3.8, 4) is 23.0 Å². The van der Waals surface area contributed by atoms with E-state index < -0.39 is 5.91 Å². The Morgan fingerprint density at radius 3 is 2.21 bits per heavy atom. The Morgan fingerprint density at radius 2 is 1.68 bits per heavy atom. The molecule has 7 heteroatoms. The van der Waals surface area contributed by atoms with Crippen LogP contribution in [0.5, 0.6) is 23.0 Å². The molecule has 0 aliphatic rings. The quantitative estimate of drug-likeness (QED) is 0.383. The van der Waals surface area contributed by atoms with Crippen LogP contribution in [0.15, 0.2) is 41.5 Å². The highest BCUT2D eigenvalue weighted by atomic mass is 16.5. The van der Waals surface area contributed by atoms with Crippen LogP contribution in [0.1, 0.15) is 35.7 Å². The van der Waals surface area contributed by atoms with Gasteiger partial charge in [-0.3, -0.25) is 4.79 Å². The number of carbonyl (C=O) groups excluding carboxylic acids is 1. The number of hydrogen-bond acceptors (Lipinski definition) is 6. The van der Waals surface area contributed by atoms with Crippen molar-refractivity contribution in [1.82, 2.24) is 5.43 Å². The van der Waals surface area contributed by atoms with E-state index >= 15 is 0 Å². The van der Waals surface area contributed by atoms with Gasteiger partial charge in [0.25, 0.3) is 5.91 Å². The second-order valence-electron chi connectivity index (χ2n) is 5.88. The monoisotopic (exact) mass is 386 g/mol. The molecule has 0 aromatic heterocycles. The van der Waals surface area contributed by atoms with Gasteiger partial charge in [-0.1, -0.05) is 13.3 Å². The highest BCUT2D eigenvalue weighted by Gasteiger charge is 2.16. The van der Waals surface area contributed by atoms with E-state index in [9.17, 15) is 4.79 Å². The average molecular weight is 386 g/mol. The lowest BCUT2D eigenvalue weighted by Crippen LogP contribution is -2.18. The molecule has 2 aromatic carbocycles. The van der Waals surface area contributed by atoms with Gasteiger partial charge in [0.1, 0.15) is 5.75 Å². The second-order valence-corrected chi connectivity index (χ2v) is 5.88. The lowest BCUT2D eigenvalue weighted by Gasteiger charge is -2.13. The van der Waals surface area contributed by atoms with Gasteiger partial charge in [-0.2, -0.15) is 5.10 Å². The Morgan fingerprint density at radius 1 is 1.04 bits per heavy atom. The minimum absolute atomic E-state index is 0.339. The fourth-order valence-corrected chi connectivity index (χ4v) is 2.43. The largest absolute Gasteiger partial charge is 0.494 e. The smallest absolute Gasteiger partial charge is 0.271 e. The molecule has 0 unspecified atom stereocenters. The molecule has 150 valence electrons. The Balaban J connectivity index is 2.01. The standard InChI is InChI=1S/C21H26N2O5/c1-5-6-11-28-17-9-7-15(8-10-17)14-22-23-21(24)16-12-18(25-2)20(27-4)19(13-16)26-3/h7-10,12-14H,5-6,11H2,1-4H3,(H,23,24)/b22-14-. The predicted molar refractivity (Wildman–Crippen MR) is 108 cm³/mol. The summed E-state index contributed by atoms with van der Waals surface area (Å²) in [6, 6.07) is 10.6. The van der Waals surface area contributed by atoms with Crippen LogP contribution in [0.2, 0.25) is 0 Å². The molecular weight excluding hydrogens is 360 g/mol. The minimum Gasteiger partial charge on any atom is -0.494 e. The Labute approximate surface area is 165 Å². The Bertz CT molecular complexity index is 778. The molecule has 28 heavy (non-hydrogen) atoms. The molecule has 0 aliphatic carbocycles. The van der Waals surface area contributed by atoms with Crippen LogP contribution in [0.25, 0.3) is 0 Å². The van der Waals surface area contributed by atoms with E-state index in [-0.39, 0.29) is 0 Å². The first-order valence-corrected chi connectivity index (χ1v) is 8.99. The SMILES string of the molecule is CCCCOc1ccc(/C=N\NC(=O)c2cc(OC)c(OC)c(OC)c2)cc1. The van der Waals surface area contributed by atoms with Crippen LogP contribution in [-0.4, -0.2) is 40.1 Å². The van der Waals surface area contributed by atoms with E-state index in [1.54, 1.807) is 18.3 Å². The van der Waals surface area contributed by atoms with E-state index in [2.05, 4.69) is 17.5 Å². The highest BCUT2D eigenvalue weighted by molar-refractivity contribution is 5.96. The number of ether oxygens (including phenoxy) is 4. The Hall–Kier alpha value is -3.22. The second kappa shape index (κ2) is 10.8. The topological polar surface area (TPSA) is 78.4 Å². The highest BCUT2D eigenvalue weighted by Crippen LogP contribution is 2.38. The van der Waals surface area contributed by atoms with Crippen molar-refractivity contribution in [3.63, 3.8) is 0 Å². The van der Waals surface area contributed by atoms with Gasteiger partial charge >= 0.3 is 0 Å². The molecule has 1 N–H and O–H groups in total. The van der Waals surface area contributed by atoms with Crippen molar-refractivity contribution in [2.75, 3.05) is 27.9 Å². The number of rotatable bonds is 10. The maximum absolute atomic E-state index is 12.4. The molecular formula is C21H26N2O5. The zero-order chi connectivity index (χ0) is 20.4. The number of methoxy groups -OCH3 is 3. The van der Waals surface area contributed by atoms with Gasteiger partial charge < -0.3 is 18.9 Å². The van der Waals surface area contributed by atoms with E-state index in [0.29, 0.717) is 29.4 Å². The van der Waals surface area contributed by atoms with Crippen LogP contribution in [-0.2, 0) is 0 Å². The van der Waals surface area contributed by atoms with Gasteiger partial charge in [-0.05, 0) is 48.4 Å². The summed E-state index contributed by atoms with van der Waals surface area (Å²) in [4.78, 5) is 12.4. The van der Waals surface area contributed by atoms with Gasteiger partial charge in [0.15, 0.2) is 11.5 Å². The normalized spacial score (nSPS) is 10.6. The third-order valence-corrected chi connectivity index (χ3v) is 3.95. The molecule has 0 aliphatic heterocycles. The van der Waals surface area contributed by atoms with Gasteiger partial charge in [0.05, 0.1) is 34.2 Å². The summed E-state index contributed by atoms with van der Waals surface area (Å²) in [6.45, 7) is 2.82. The van der Waals surface area contributed by atoms with Crippen molar-refractivity contribution in [1.29, 1.82) is 0 Å². The lowest BCUT2D eigenvalue weighted by atomic mass is 10.1. The van der Waals surface area contributed by atoms with Crippen LogP contribution in [0.4, 0.5) is 0 Å². The molecule has 0 spiro atoms. The van der Waals surface area contributed by atoms with Crippen LogP contribution < -0.4 is 24.4 Å². The van der Waals surface area contributed by atoms with Crippen molar-refractivity contribution < 1.29 is 23.7 Å². The number of unbranched alkanes of at least 4 members (excludes halogenated alkanes) is 1. The summed E-state index contributed by atoms with van der Waals surface area (Å²) in [5.74, 6) is 1.64. The average Bonchev–Trinajstić information content (AvgIpc) is 2.73. The number of amides is 1. The summed E-state index contributed by atoms with van der Waals surface area (Å²) < 4.78 is 21.4. The van der Waals surface area contributed by atoms with Gasteiger partial charge in [-0.25, -0.2) is 5.43 Å². The lowest BCUT2D eigenvalue weighted by molar-refractivity contribution is 0.0954. The summed E-state index contributed by atoms with van der Waals surface area (Å²) in [7, 11) is 4.49. The molecule has 7 nitrogen and oxygen atoms in total.